The van der Waals surface area contributed by atoms with Gasteiger partial charge in [-0.15, -0.1) is 0 Å². The molecule has 0 amide bonds. The van der Waals surface area contributed by atoms with Crippen molar-refractivity contribution >= 4 is 12.9 Å². The van der Waals surface area contributed by atoms with E-state index >= 15 is 0 Å². The van der Waals surface area contributed by atoms with E-state index in [1.54, 1.807) is 24.7 Å². The standard InChI is InChI=1S/C11H20BN2O2/c1-10(2,15)11(3,4)16-8-12-9-6-7-13-14(9)5/h6-7,15H,8H2,1-5H3. The Morgan fingerprint density at radius 3 is 2.50 bits per heavy atom. The van der Waals surface area contributed by atoms with E-state index in [2.05, 4.69) is 5.10 Å². The summed E-state index contributed by atoms with van der Waals surface area (Å²) in [6.45, 7) is 7.71. The maximum absolute atomic E-state index is 9.90. The summed E-state index contributed by atoms with van der Waals surface area (Å²) in [6, 6.07) is 1.92. The second-order valence-electron chi connectivity index (χ2n) is 4.96. The van der Waals surface area contributed by atoms with Gasteiger partial charge in [0.2, 0.25) is 7.28 Å². The normalized spacial score (nSPS) is 12.9. The molecule has 0 aliphatic carbocycles. The fourth-order valence-electron chi connectivity index (χ4n) is 1.10. The van der Waals surface area contributed by atoms with Crippen LogP contribution in [0.5, 0.6) is 0 Å². The van der Waals surface area contributed by atoms with Crippen molar-refractivity contribution in [2.75, 3.05) is 6.51 Å². The second kappa shape index (κ2) is 4.59. The Kier molecular flexibility index (Phi) is 3.81. The van der Waals surface area contributed by atoms with Gasteiger partial charge in [0.1, 0.15) is 0 Å². The highest BCUT2D eigenvalue weighted by molar-refractivity contribution is 6.52. The van der Waals surface area contributed by atoms with E-state index in [9.17, 15) is 5.11 Å². The molecule has 1 aromatic rings. The third-order valence-corrected chi connectivity index (χ3v) is 3.07. The lowest BCUT2D eigenvalue weighted by molar-refractivity contribution is -0.135. The molecule has 0 saturated carbocycles. The van der Waals surface area contributed by atoms with Gasteiger partial charge in [-0.25, -0.2) is 0 Å². The minimum absolute atomic E-state index is 0.455. The molecule has 1 N–H and O–H groups in total. The summed E-state index contributed by atoms with van der Waals surface area (Å²) in [6.07, 6.45) is 1.74. The van der Waals surface area contributed by atoms with Crippen LogP contribution >= 0.6 is 0 Å². The van der Waals surface area contributed by atoms with Crippen LogP contribution in [0.15, 0.2) is 12.3 Å². The van der Waals surface area contributed by atoms with E-state index in [-0.39, 0.29) is 0 Å². The van der Waals surface area contributed by atoms with Gasteiger partial charge in [-0.3, -0.25) is 4.68 Å². The van der Waals surface area contributed by atoms with Gasteiger partial charge < -0.3 is 9.84 Å². The average Bonchev–Trinajstić information content (AvgIpc) is 2.49. The smallest absolute Gasteiger partial charge is 0.210 e. The van der Waals surface area contributed by atoms with E-state index in [1.807, 2.05) is 34.2 Å². The van der Waals surface area contributed by atoms with Crippen molar-refractivity contribution in [1.82, 2.24) is 9.78 Å². The molecule has 0 fully saturated rings. The molecule has 16 heavy (non-hydrogen) atoms. The summed E-state index contributed by atoms with van der Waals surface area (Å²) in [5, 5.41) is 14.0. The average molecular weight is 223 g/mol. The first-order chi connectivity index (χ1) is 7.24. The van der Waals surface area contributed by atoms with Gasteiger partial charge >= 0.3 is 0 Å². The Balaban J connectivity index is 2.45. The van der Waals surface area contributed by atoms with Crippen molar-refractivity contribution in [3.8, 4) is 0 Å². The number of aliphatic hydroxyl groups is 1. The van der Waals surface area contributed by atoms with E-state index in [0.717, 1.165) is 5.59 Å². The van der Waals surface area contributed by atoms with Gasteiger partial charge in [-0.2, -0.15) is 5.10 Å². The van der Waals surface area contributed by atoms with Gasteiger partial charge in [0.25, 0.3) is 0 Å². The van der Waals surface area contributed by atoms with Gasteiger partial charge in [0.15, 0.2) is 0 Å². The van der Waals surface area contributed by atoms with Gasteiger partial charge in [-0.1, -0.05) is 0 Å². The maximum Gasteiger partial charge on any atom is 0.210 e. The molecule has 1 radical (unpaired) electrons. The van der Waals surface area contributed by atoms with Crippen LogP contribution in [0.3, 0.4) is 0 Å². The molecule has 5 heteroatoms. The van der Waals surface area contributed by atoms with Crippen LogP contribution in [0.1, 0.15) is 27.7 Å². The molecule has 0 bridgehead atoms. The number of hydrogen-bond acceptors (Lipinski definition) is 3. The monoisotopic (exact) mass is 223 g/mol. The van der Waals surface area contributed by atoms with Crippen LogP contribution in [0.4, 0.5) is 0 Å². The largest absolute Gasteiger partial charge is 0.387 e. The summed E-state index contributed by atoms with van der Waals surface area (Å²) in [4.78, 5) is 0. The number of ether oxygens (including phenoxy) is 1. The molecule has 1 rings (SSSR count). The SMILES string of the molecule is Cn1nccc1[B]COC(C)(C)C(C)(C)O. The minimum atomic E-state index is -0.868. The number of aryl methyl sites for hydroxylation is 1. The van der Waals surface area contributed by atoms with Crippen molar-refractivity contribution in [2.45, 2.75) is 38.9 Å². The van der Waals surface area contributed by atoms with E-state index in [0.29, 0.717) is 6.51 Å². The highest BCUT2D eigenvalue weighted by atomic mass is 16.5. The molecule has 89 valence electrons. The van der Waals surface area contributed by atoms with Crippen LogP contribution in [-0.2, 0) is 11.8 Å². The lowest BCUT2D eigenvalue weighted by atomic mass is 9.75. The van der Waals surface area contributed by atoms with E-state index in [1.165, 1.54) is 0 Å². The van der Waals surface area contributed by atoms with Gasteiger partial charge in [0, 0.05) is 19.8 Å². The zero-order valence-electron chi connectivity index (χ0n) is 10.7. The molecule has 4 nitrogen and oxygen atoms in total. The summed E-state index contributed by atoms with van der Waals surface area (Å²) in [5.41, 5.74) is -0.443. The molecule has 0 atom stereocenters. The second-order valence-corrected chi connectivity index (χ2v) is 4.96. The third kappa shape index (κ3) is 3.09. The molecular weight excluding hydrogens is 203 g/mol. The molecule has 1 aromatic heterocycles. The third-order valence-electron chi connectivity index (χ3n) is 3.07. The van der Waals surface area contributed by atoms with Crippen molar-refractivity contribution in [3.63, 3.8) is 0 Å². The topological polar surface area (TPSA) is 47.3 Å². The summed E-state index contributed by atoms with van der Waals surface area (Å²) >= 11 is 0. The fraction of sp³-hybridized carbons (Fsp3) is 0.727. The molecule has 1 heterocycles. The van der Waals surface area contributed by atoms with Crippen molar-refractivity contribution < 1.29 is 9.84 Å². The summed E-state index contributed by atoms with van der Waals surface area (Å²) < 4.78 is 7.45. The number of nitrogens with zero attached hydrogens (tertiary/aromatic N) is 2. The molecule has 0 saturated heterocycles. The van der Waals surface area contributed by atoms with Crippen molar-refractivity contribution in [2.24, 2.45) is 7.05 Å². The van der Waals surface area contributed by atoms with Gasteiger partial charge in [0.05, 0.1) is 11.2 Å². The molecule has 0 aliphatic rings. The quantitative estimate of drug-likeness (QED) is 0.729. The molecular formula is C11H20BN2O2. The zero-order valence-corrected chi connectivity index (χ0v) is 10.7. The zero-order chi connectivity index (χ0) is 12.4. The summed E-state index contributed by atoms with van der Waals surface area (Å²) in [5.74, 6) is 0. The molecule has 0 aliphatic heterocycles. The fourth-order valence-corrected chi connectivity index (χ4v) is 1.10. The maximum atomic E-state index is 9.90. The van der Waals surface area contributed by atoms with E-state index < -0.39 is 11.2 Å². The predicted molar refractivity (Wildman–Crippen MR) is 64.9 cm³/mol. The van der Waals surface area contributed by atoms with Crippen LogP contribution in [-0.4, -0.2) is 39.9 Å². The lowest BCUT2D eigenvalue weighted by Gasteiger charge is -2.37. The first-order valence-corrected chi connectivity index (χ1v) is 5.41. The van der Waals surface area contributed by atoms with Crippen LogP contribution in [0, 0.1) is 0 Å². The molecule has 0 unspecified atom stereocenters. The van der Waals surface area contributed by atoms with Crippen LogP contribution in [0.2, 0.25) is 0 Å². The van der Waals surface area contributed by atoms with Gasteiger partial charge in [-0.05, 0) is 39.4 Å². The van der Waals surface area contributed by atoms with Crippen LogP contribution in [0.25, 0.3) is 0 Å². The molecule has 0 spiro atoms. The first kappa shape index (κ1) is 13.3. The Bertz CT molecular complexity index is 342. The van der Waals surface area contributed by atoms with Crippen molar-refractivity contribution in [1.29, 1.82) is 0 Å². The Morgan fingerprint density at radius 2 is 2.06 bits per heavy atom. The number of hydrogen-bond donors (Lipinski definition) is 1. The Hall–Kier alpha value is -0.805. The van der Waals surface area contributed by atoms with Crippen LogP contribution < -0.4 is 5.59 Å². The number of aromatic nitrogens is 2. The lowest BCUT2D eigenvalue weighted by Crippen LogP contribution is -2.48. The molecule has 0 aromatic carbocycles. The van der Waals surface area contributed by atoms with Crippen molar-refractivity contribution in [3.05, 3.63) is 12.3 Å². The highest BCUT2D eigenvalue weighted by Gasteiger charge is 2.35. The Morgan fingerprint density at radius 1 is 1.44 bits per heavy atom. The predicted octanol–water partition coefficient (Wildman–Crippen LogP) is 0.273. The Labute approximate surface area is 97.9 Å². The minimum Gasteiger partial charge on any atom is -0.387 e. The summed E-state index contributed by atoms with van der Waals surface area (Å²) in [7, 11) is 3.83. The highest BCUT2D eigenvalue weighted by Crippen LogP contribution is 2.24. The van der Waals surface area contributed by atoms with E-state index in [4.69, 9.17) is 4.74 Å². The number of rotatable bonds is 5. The first-order valence-electron chi connectivity index (χ1n) is 5.41.